The maximum absolute atomic E-state index is 13.2. The average molecular weight is 516 g/mol. The van der Waals surface area contributed by atoms with Gasteiger partial charge in [-0.2, -0.15) is 0 Å². The summed E-state index contributed by atoms with van der Waals surface area (Å²) in [6, 6.07) is 15.5. The van der Waals surface area contributed by atoms with Crippen molar-refractivity contribution in [2.75, 3.05) is 11.8 Å². The zero-order valence-electron chi connectivity index (χ0n) is 18.4. The molecular formula is C22H18FN5O5S2. The number of ether oxygens (including phenoxy) is 1. The van der Waals surface area contributed by atoms with Crippen LogP contribution >= 0.6 is 11.8 Å². The molecule has 0 amide bonds. The number of nitro groups is 1. The van der Waals surface area contributed by atoms with Crippen LogP contribution < -0.4 is 9.46 Å². The number of nitrogens with zero attached hydrogens (tertiary/aromatic N) is 4. The van der Waals surface area contributed by atoms with Crippen LogP contribution in [0.4, 0.5) is 15.8 Å². The summed E-state index contributed by atoms with van der Waals surface area (Å²) in [5.41, 5.74) is 0.493. The maximum atomic E-state index is 13.2. The Labute approximate surface area is 204 Å². The highest BCUT2D eigenvalue weighted by molar-refractivity contribution is 7.99. The molecule has 0 saturated heterocycles. The highest BCUT2D eigenvalue weighted by atomic mass is 32.2. The minimum absolute atomic E-state index is 0.180. The predicted octanol–water partition coefficient (Wildman–Crippen LogP) is 4.49. The van der Waals surface area contributed by atoms with Gasteiger partial charge in [0.1, 0.15) is 11.6 Å². The minimum atomic E-state index is -4.09. The van der Waals surface area contributed by atoms with Crippen LogP contribution in [-0.2, 0) is 17.1 Å². The third-order valence-electron chi connectivity index (χ3n) is 4.92. The number of hydrogen-bond donors (Lipinski definition) is 1. The summed E-state index contributed by atoms with van der Waals surface area (Å²) in [5.74, 6) is 0.604. The lowest BCUT2D eigenvalue weighted by atomic mass is 10.2. The van der Waals surface area contributed by atoms with Gasteiger partial charge in [0.15, 0.2) is 11.0 Å². The van der Waals surface area contributed by atoms with Crippen LogP contribution in [0.1, 0.15) is 0 Å². The fourth-order valence-electron chi connectivity index (χ4n) is 3.12. The number of halogens is 1. The van der Waals surface area contributed by atoms with E-state index in [1.54, 1.807) is 35.9 Å². The molecule has 4 aromatic rings. The first-order chi connectivity index (χ1) is 16.7. The molecular weight excluding hydrogens is 497 g/mol. The molecule has 0 saturated carbocycles. The molecule has 1 aromatic heterocycles. The second-order valence-electron chi connectivity index (χ2n) is 7.19. The molecule has 1 heterocycles. The molecule has 35 heavy (non-hydrogen) atoms. The lowest BCUT2D eigenvalue weighted by Crippen LogP contribution is -2.13. The second-order valence-corrected chi connectivity index (χ2v) is 9.89. The van der Waals surface area contributed by atoms with E-state index in [-0.39, 0.29) is 15.5 Å². The molecule has 0 spiro atoms. The van der Waals surface area contributed by atoms with Crippen LogP contribution in [0.15, 0.2) is 81.7 Å². The Morgan fingerprint density at radius 1 is 1.06 bits per heavy atom. The van der Waals surface area contributed by atoms with E-state index in [1.807, 2.05) is 0 Å². The van der Waals surface area contributed by atoms with Crippen LogP contribution in [-0.4, -0.2) is 35.2 Å². The van der Waals surface area contributed by atoms with Gasteiger partial charge in [0, 0.05) is 24.4 Å². The Hall–Kier alpha value is -3.97. The standard InChI is InChI=1S/C22H18FN5O5S2/c1-27-21(14-3-5-15(23)6-4-14)24-25-22(27)34-20-12-11-18(13-19(20)28(29)30)35(31,32)26-16-7-9-17(33-2)10-8-16/h3-13,26H,1-2H3. The van der Waals surface area contributed by atoms with Gasteiger partial charge in [-0.15, -0.1) is 10.2 Å². The van der Waals surface area contributed by atoms with Gasteiger partial charge < -0.3 is 9.30 Å². The van der Waals surface area contributed by atoms with Crippen molar-refractivity contribution in [3.8, 4) is 17.1 Å². The molecule has 0 atom stereocenters. The monoisotopic (exact) mass is 515 g/mol. The molecule has 0 unspecified atom stereocenters. The minimum Gasteiger partial charge on any atom is -0.497 e. The zero-order valence-corrected chi connectivity index (χ0v) is 20.0. The topological polar surface area (TPSA) is 129 Å². The Kier molecular flexibility index (Phi) is 6.71. The largest absolute Gasteiger partial charge is 0.497 e. The van der Waals surface area contributed by atoms with E-state index >= 15 is 0 Å². The van der Waals surface area contributed by atoms with Crippen molar-refractivity contribution in [1.29, 1.82) is 0 Å². The van der Waals surface area contributed by atoms with E-state index in [0.29, 0.717) is 22.3 Å². The Bertz CT molecular complexity index is 1490. The van der Waals surface area contributed by atoms with Crippen molar-refractivity contribution in [2.45, 2.75) is 14.9 Å². The van der Waals surface area contributed by atoms with Crippen molar-refractivity contribution in [1.82, 2.24) is 14.8 Å². The Morgan fingerprint density at radius 3 is 2.37 bits per heavy atom. The van der Waals surface area contributed by atoms with Gasteiger partial charge >= 0.3 is 0 Å². The van der Waals surface area contributed by atoms with E-state index in [2.05, 4.69) is 14.9 Å². The molecule has 4 rings (SSSR count). The molecule has 1 N–H and O–H groups in total. The number of rotatable bonds is 8. The van der Waals surface area contributed by atoms with Gasteiger partial charge in [0.05, 0.1) is 21.8 Å². The summed E-state index contributed by atoms with van der Waals surface area (Å²) < 4.78 is 47.9. The lowest BCUT2D eigenvalue weighted by molar-refractivity contribution is -0.388. The highest BCUT2D eigenvalue weighted by Crippen LogP contribution is 2.36. The number of benzene rings is 3. The zero-order chi connectivity index (χ0) is 25.2. The molecule has 0 aliphatic carbocycles. The van der Waals surface area contributed by atoms with Gasteiger partial charge in [-0.1, -0.05) is 0 Å². The van der Waals surface area contributed by atoms with Gasteiger partial charge in [0.2, 0.25) is 0 Å². The fraction of sp³-hybridized carbons (Fsp3) is 0.0909. The van der Waals surface area contributed by atoms with Crippen LogP contribution in [0.5, 0.6) is 5.75 Å². The summed E-state index contributed by atoms with van der Waals surface area (Å²) in [7, 11) is -0.931. The van der Waals surface area contributed by atoms with Crippen LogP contribution in [0.25, 0.3) is 11.4 Å². The normalized spacial score (nSPS) is 11.3. The lowest BCUT2D eigenvalue weighted by Gasteiger charge is -2.10. The van der Waals surface area contributed by atoms with Gasteiger partial charge in [0.25, 0.3) is 15.7 Å². The van der Waals surface area contributed by atoms with Gasteiger partial charge in [-0.3, -0.25) is 14.8 Å². The molecule has 180 valence electrons. The van der Waals surface area contributed by atoms with Gasteiger partial charge in [-0.25, -0.2) is 12.8 Å². The SMILES string of the molecule is COc1ccc(NS(=O)(=O)c2ccc(Sc3nnc(-c4ccc(F)cc4)n3C)c([N+](=O)[O-])c2)cc1. The first-order valence-corrected chi connectivity index (χ1v) is 12.3. The summed E-state index contributed by atoms with van der Waals surface area (Å²) in [6.07, 6.45) is 0. The molecule has 0 aliphatic heterocycles. The summed E-state index contributed by atoms with van der Waals surface area (Å²) in [5, 5.41) is 20.2. The predicted molar refractivity (Wildman–Crippen MR) is 127 cm³/mol. The summed E-state index contributed by atoms with van der Waals surface area (Å²) in [6.45, 7) is 0. The number of methoxy groups -OCH3 is 1. The number of nitro benzene ring substituents is 1. The van der Waals surface area contributed by atoms with Crippen LogP contribution in [0, 0.1) is 15.9 Å². The number of hydrogen-bond acceptors (Lipinski definition) is 8. The van der Waals surface area contributed by atoms with Crippen molar-refractivity contribution in [3.05, 3.63) is 82.7 Å². The molecule has 10 nitrogen and oxygen atoms in total. The molecule has 0 bridgehead atoms. The Morgan fingerprint density at radius 2 is 1.74 bits per heavy atom. The molecule has 0 aliphatic rings. The van der Waals surface area contributed by atoms with Crippen molar-refractivity contribution >= 4 is 33.2 Å². The molecule has 13 heteroatoms. The molecule has 0 radical (unpaired) electrons. The van der Waals surface area contributed by atoms with E-state index in [4.69, 9.17) is 4.74 Å². The van der Waals surface area contributed by atoms with E-state index in [1.165, 1.54) is 43.5 Å². The molecule has 0 fully saturated rings. The van der Waals surface area contributed by atoms with E-state index in [9.17, 15) is 22.9 Å². The number of sulfonamides is 1. The maximum Gasteiger partial charge on any atom is 0.284 e. The van der Waals surface area contributed by atoms with E-state index < -0.39 is 26.5 Å². The third-order valence-corrected chi connectivity index (χ3v) is 7.40. The quantitative estimate of drug-likeness (QED) is 0.268. The van der Waals surface area contributed by atoms with Crippen molar-refractivity contribution in [3.63, 3.8) is 0 Å². The fourth-order valence-corrected chi connectivity index (χ4v) is 5.07. The van der Waals surface area contributed by atoms with Crippen molar-refractivity contribution < 1.29 is 22.5 Å². The summed E-state index contributed by atoms with van der Waals surface area (Å²) in [4.78, 5) is 11.0. The third kappa shape index (κ3) is 5.25. The Balaban J connectivity index is 1.61. The molecule has 3 aromatic carbocycles. The summed E-state index contributed by atoms with van der Waals surface area (Å²) >= 11 is 0.960. The first kappa shape index (κ1) is 24.2. The van der Waals surface area contributed by atoms with Crippen molar-refractivity contribution in [2.24, 2.45) is 7.05 Å². The second kappa shape index (κ2) is 9.72. The smallest absolute Gasteiger partial charge is 0.284 e. The number of nitrogens with one attached hydrogen (secondary N) is 1. The van der Waals surface area contributed by atoms with E-state index in [0.717, 1.165) is 17.8 Å². The van der Waals surface area contributed by atoms with Crippen LogP contribution in [0.2, 0.25) is 0 Å². The van der Waals surface area contributed by atoms with Crippen LogP contribution in [0.3, 0.4) is 0 Å². The van der Waals surface area contributed by atoms with Gasteiger partial charge in [-0.05, 0) is 72.4 Å². The average Bonchev–Trinajstić information content (AvgIpc) is 3.19. The number of anilines is 1. The highest BCUT2D eigenvalue weighted by Gasteiger charge is 2.24. The first-order valence-electron chi connectivity index (χ1n) is 9.96. The number of aromatic nitrogens is 3.